The van der Waals surface area contributed by atoms with Gasteiger partial charge in [-0.2, -0.15) is 5.10 Å². The smallest absolute Gasteiger partial charge is 0.404 e. The number of carbonyl (C=O) groups excluding carboxylic acids is 1. The highest BCUT2D eigenvalue weighted by Crippen LogP contribution is 2.06. The number of carbonyl (C=O) groups is 1. The maximum atomic E-state index is 12.9. The van der Waals surface area contributed by atoms with Crippen LogP contribution in [0, 0.1) is 5.82 Å². The molecule has 2 rings (SSSR count). The topological polar surface area (TPSA) is 92.1 Å². The molecule has 0 bridgehead atoms. The molecular formula is C13H12F2N4O3. The number of hydrogen-bond acceptors (Lipinski definition) is 4. The Morgan fingerprint density at radius 1 is 1.36 bits per heavy atom. The van der Waals surface area contributed by atoms with E-state index in [1.807, 2.05) is 0 Å². The summed E-state index contributed by atoms with van der Waals surface area (Å²) < 4.78 is 32.2. The lowest BCUT2D eigenvalue weighted by Crippen LogP contribution is -2.26. The number of benzene rings is 1. The maximum absolute atomic E-state index is 12.9. The fourth-order valence-electron chi connectivity index (χ4n) is 1.69. The summed E-state index contributed by atoms with van der Waals surface area (Å²) in [6.07, 6.45) is 0.385. The second-order valence-electron chi connectivity index (χ2n) is 4.29. The Kier molecular flexibility index (Phi) is 4.66. The maximum Gasteiger partial charge on any atom is 0.404 e. The number of nitrogens with zero attached hydrogens (tertiary/aromatic N) is 3. The Labute approximate surface area is 123 Å². The SMILES string of the molecule is NC(=O)OC/C(=C\F)Cn1ncn(-c2ccc(F)cc2)c1=O. The number of hydrogen-bond donors (Lipinski definition) is 1. The summed E-state index contributed by atoms with van der Waals surface area (Å²) in [5.41, 5.74) is 4.65. The second kappa shape index (κ2) is 6.66. The van der Waals surface area contributed by atoms with Crippen molar-refractivity contribution in [2.75, 3.05) is 6.61 Å². The number of primary amides is 1. The van der Waals surface area contributed by atoms with E-state index in [0.29, 0.717) is 5.69 Å². The van der Waals surface area contributed by atoms with Gasteiger partial charge in [-0.1, -0.05) is 0 Å². The van der Waals surface area contributed by atoms with Crippen LogP contribution in [0.25, 0.3) is 5.69 Å². The summed E-state index contributed by atoms with van der Waals surface area (Å²) in [4.78, 5) is 22.6. The summed E-state index contributed by atoms with van der Waals surface area (Å²) in [5.74, 6) is -0.435. The van der Waals surface area contributed by atoms with Gasteiger partial charge in [-0.05, 0) is 24.3 Å². The lowest BCUT2D eigenvalue weighted by molar-refractivity contribution is 0.164. The van der Waals surface area contributed by atoms with Crippen molar-refractivity contribution < 1.29 is 18.3 Å². The molecule has 0 aliphatic heterocycles. The monoisotopic (exact) mass is 310 g/mol. The first-order valence-electron chi connectivity index (χ1n) is 6.12. The van der Waals surface area contributed by atoms with Crippen LogP contribution in [0.1, 0.15) is 0 Å². The molecule has 0 radical (unpaired) electrons. The minimum absolute atomic E-state index is 0.00487. The molecular weight excluding hydrogens is 298 g/mol. The van der Waals surface area contributed by atoms with Crippen LogP contribution in [-0.4, -0.2) is 27.0 Å². The fraction of sp³-hybridized carbons (Fsp3) is 0.154. The summed E-state index contributed by atoms with van der Waals surface area (Å²) in [6, 6.07) is 5.22. The molecule has 2 N–H and O–H groups in total. The van der Waals surface area contributed by atoms with Gasteiger partial charge in [-0.25, -0.2) is 27.6 Å². The van der Waals surface area contributed by atoms with Crippen LogP contribution in [0.5, 0.6) is 0 Å². The first-order valence-corrected chi connectivity index (χ1v) is 6.12. The lowest BCUT2D eigenvalue weighted by Gasteiger charge is -2.05. The van der Waals surface area contributed by atoms with Crippen molar-refractivity contribution in [3.8, 4) is 5.69 Å². The summed E-state index contributed by atoms with van der Waals surface area (Å²) in [6.45, 7) is -0.599. The van der Waals surface area contributed by atoms with E-state index in [2.05, 4.69) is 9.84 Å². The summed E-state index contributed by atoms with van der Waals surface area (Å²) >= 11 is 0. The first kappa shape index (κ1) is 15.4. The number of aromatic nitrogens is 3. The van der Waals surface area contributed by atoms with Gasteiger partial charge in [-0.15, -0.1) is 0 Å². The third-order valence-electron chi connectivity index (χ3n) is 2.75. The molecule has 1 heterocycles. The normalized spacial score (nSPS) is 11.5. The predicted octanol–water partition coefficient (Wildman–Crippen LogP) is 1.12. The van der Waals surface area contributed by atoms with Crippen molar-refractivity contribution in [1.29, 1.82) is 0 Å². The van der Waals surface area contributed by atoms with E-state index in [0.717, 1.165) is 4.68 Å². The quantitative estimate of drug-likeness (QED) is 0.895. The molecule has 0 spiro atoms. The zero-order valence-electron chi connectivity index (χ0n) is 11.3. The largest absolute Gasteiger partial charge is 0.445 e. The molecule has 0 aliphatic carbocycles. The molecule has 0 aliphatic rings. The molecule has 0 saturated carbocycles. The van der Waals surface area contributed by atoms with Crippen molar-refractivity contribution in [1.82, 2.24) is 14.3 Å². The molecule has 1 amide bonds. The Hall–Kier alpha value is -2.97. The van der Waals surface area contributed by atoms with Gasteiger partial charge in [0.05, 0.1) is 18.6 Å². The molecule has 1 aromatic carbocycles. The van der Waals surface area contributed by atoms with Crippen LogP contribution in [0.3, 0.4) is 0 Å². The molecule has 2 aromatic rings. The van der Waals surface area contributed by atoms with E-state index in [-0.39, 0.29) is 25.1 Å². The highest BCUT2D eigenvalue weighted by molar-refractivity contribution is 5.64. The predicted molar refractivity (Wildman–Crippen MR) is 72.5 cm³/mol. The molecule has 0 saturated heterocycles. The van der Waals surface area contributed by atoms with Crippen LogP contribution in [0.4, 0.5) is 13.6 Å². The number of nitrogens with two attached hydrogens (primary N) is 1. The van der Waals surface area contributed by atoms with E-state index in [4.69, 9.17) is 5.73 Å². The van der Waals surface area contributed by atoms with Gasteiger partial charge in [0.1, 0.15) is 18.8 Å². The van der Waals surface area contributed by atoms with Crippen LogP contribution in [0.2, 0.25) is 0 Å². The van der Waals surface area contributed by atoms with Crippen molar-refractivity contribution in [2.24, 2.45) is 5.73 Å². The second-order valence-corrected chi connectivity index (χ2v) is 4.29. The molecule has 116 valence electrons. The van der Waals surface area contributed by atoms with Gasteiger partial charge in [0.15, 0.2) is 0 Å². The standard InChI is InChI=1S/C13H12F2N4O3/c14-5-9(7-22-12(16)20)6-19-13(21)18(8-17-19)11-3-1-10(15)2-4-11/h1-5,8H,6-7H2,(H2,16,20)/b9-5-. The molecule has 22 heavy (non-hydrogen) atoms. The molecule has 0 atom stereocenters. The Bertz CT molecular complexity index is 749. The van der Waals surface area contributed by atoms with E-state index in [1.165, 1.54) is 35.2 Å². The van der Waals surface area contributed by atoms with Gasteiger partial charge < -0.3 is 10.5 Å². The number of amides is 1. The van der Waals surface area contributed by atoms with Crippen LogP contribution >= 0.6 is 0 Å². The average molecular weight is 310 g/mol. The zero-order chi connectivity index (χ0) is 16.1. The summed E-state index contributed by atoms with van der Waals surface area (Å²) in [7, 11) is 0. The first-order chi connectivity index (χ1) is 10.5. The molecule has 0 fully saturated rings. The highest BCUT2D eigenvalue weighted by Gasteiger charge is 2.10. The van der Waals surface area contributed by atoms with Gasteiger partial charge >= 0.3 is 11.8 Å². The van der Waals surface area contributed by atoms with E-state index >= 15 is 0 Å². The third-order valence-corrected chi connectivity index (χ3v) is 2.75. The van der Waals surface area contributed by atoms with Crippen molar-refractivity contribution in [3.05, 3.63) is 58.8 Å². The Balaban J connectivity index is 2.19. The van der Waals surface area contributed by atoms with Gasteiger partial charge in [0.25, 0.3) is 0 Å². The molecule has 1 aromatic heterocycles. The molecule has 7 nitrogen and oxygen atoms in total. The van der Waals surface area contributed by atoms with E-state index in [1.54, 1.807) is 0 Å². The van der Waals surface area contributed by atoms with Crippen LogP contribution in [0.15, 0.2) is 47.3 Å². The van der Waals surface area contributed by atoms with Crippen molar-refractivity contribution >= 4 is 6.09 Å². The van der Waals surface area contributed by atoms with Gasteiger partial charge in [0.2, 0.25) is 0 Å². The van der Waals surface area contributed by atoms with Crippen molar-refractivity contribution in [3.63, 3.8) is 0 Å². The van der Waals surface area contributed by atoms with E-state index < -0.39 is 17.6 Å². The average Bonchev–Trinajstić information content (AvgIpc) is 2.85. The number of ether oxygens (including phenoxy) is 1. The minimum Gasteiger partial charge on any atom is -0.445 e. The van der Waals surface area contributed by atoms with Crippen LogP contribution < -0.4 is 11.4 Å². The number of halogens is 2. The highest BCUT2D eigenvalue weighted by atomic mass is 19.1. The van der Waals surface area contributed by atoms with Gasteiger partial charge in [0, 0.05) is 5.57 Å². The van der Waals surface area contributed by atoms with Gasteiger partial charge in [-0.3, -0.25) is 0 Å². The molecule has 9 heteroatoms. The Morgan fingerprint density at radius 2 is 2.05 bits per heavy atom. The molecule has 0 unspecified atom stereocenters. The summed E-state index contributed by atoms with van der Waals surface area (Å²) in [5, 5.41) is 3.82. The minimum atomic E-state index is -1.05. The lowest BCUT2D eigenvalue weighted by atomic mass is 10.3. The fourth-order valence-corrected chi connectivity index (χ4v) is 1.69. The Morgan fingerprint density at radius 3 is 2.64 bits per heavy atom. The van der Waals surface area contributed by atoms with Crippen LogP contribution in [-0.2, 0) is 11.3 Å². The van der Waals surface area contributed by atoms with Crippen molar-refractivity contribution in [2.45, 2.75) is 6.54 Å². The number of rotatable bonds is 5. The van der Waals surface area contributed by atoms with E-state index in [9.17, 15) is 18.4 Å². The zero-order valence-corrected chi connectivity index (χ0v) is 11.3. The third kappa shape index (κ3) is 3.57.